The summed E-state index contributed by atoms with van der Waals surface area (Å²) in [7, 11) is 3.10. The van der Waals surface area contributed by atoms with Gasteiger partial charge in [-0.05, 0) is 36.6 Å². The van der Waals surface area contributed by atoms with E-state index in [1.165, 1.54) is 6.42 Å². The molecule has 1 aliphatic carbocycles. The third-order valence-electron chi connectivity index (χ3n) is 6.05. The van der Waals surface area contributed by atoms with Gasteiger partial charge in [-0.1, -0.05) is 31.4 Å². The Morgan fingerprint density at radius 3 is 2.47 bits per heavy atom. The molecule has 2 aromatic carbocycles. The quantitative estimate of drug-likeness (QED) is 0.440. The van der Waals surface area contributed by atoms with Gasteiger partial charge in [-0.15, -0.1) is 0 Å². The number of rotatable bonds is 8. The minimum atomic E-state index is -0.334. The molecule has 0 unspecified atom stereocenters. The number of hydrogen-bond donors (Lipinski definition) is 0. The highest BCUT2D eigenvalue weighted by Gasteiger charge is 2.27. The lowest BCUT2D eigenvalue weighted by Gasteiger charge is -2.21. The summed E-state index contributed by atoms with van der Waals surface area (Å²) in [4.78, 5) is 24.3. The maximum absolute atomic E-state index is 12.3. The first-order chi connectivity index (χ1) is 15.6. The second-order valence-corrected chi connectivity index (χ2v) is 7.94. The highest BCUT2D eigenvalue weighted by molar-refractivity contribution is 5.96. The first kappa shape index (κ1) is 22.0. The molecular weight excluding hydrogens is 412 g/mol. The lowest BCUT2D eigenvalue weighted by Crippen LogP contribution is -2.22. The second-order valence-electron chi connectivity index (χ2n) is 7.94. The van der Waals surface area contributed by atoms with Crippen molar-refractivity contribution in [2.45, 2.75) is 38.7 Å². The Bertz CT molecular complexity index is 992. The molecule has 0 spiro atoms. The summed E-state index contributed by atoms with van der Waals surface area (Å²) in [5.41, 5.74) is 2.92. The molecule has 1 saturated carbocycles. The first-order valence-electron chi connectivity index (χ1n) is 11.0. The van der Waals surface area contributed by atoms with Gasteiger partial charge in [0.15, 0.2) is 11.5 Å². The molecule has 32 heavy (non-hydrogen) atoms. The summed E-state index contributed by atoms with van der Waals surface area (Å²) < 4.78 is 27.8. The molecule has 7 heteroatoms. The number of carbonyl (C=O) groups is 2. The average Bonchev–Trinajstić information content (AvgIpc) is 3.22. The molecule has 1 aliphatic heterocycles. The Kier molecular flexibility index (Phi) is 6.83. The number of ether oxygens (including phenoxy) is 5. The molecule has 0 aromatic heterocycles. The molecule has 4 rings (SSSR count). The highest BCUT2D eigenvalue weighted by Crippen LogP contribution is 2.46. The second kappa shape index (κ2) is 9.94. The average molecular weight is 440 g/mol. The molecule has 1 fully saturated rings. The SMILES string of the molecule is COc1ccc(-c2cccc3c2COC3=O)c(OCCOC(=O)C2CCCCC2)c1OC. The summed E-state index contributed by atoms with van der Waals surface area (Å²) in [5.74, 6) is 0.933. The topological polar surface area (TPSA) is 80.3 Å². The molecule has 0 N–H and O–H groups in total. The van der Waals surface area contributed by atoms with Crippen LogP contribution >= 0.6 is 0 Å². The standard InChI is InChI=1S/C25H28O7/c1-28-21-12-11-18(17-9-6-10-19-20(17)15-32-25(19)27)22(23(21)29-2)30-13-14-31-24(26)16-7-4-3-5-8-16/h6,9-12,16H,3-5,7-8,13-15H2,1-2H3. The van der Waals surface area contributed by atoms with Crippen molar-refractivity contribution in [3.05, 3.63) is 41.5 Å². The van der Waals surface area contributed by atoms with Gasteiger partial charge in [-0.3, -0.25) is 4.79 Å². The fraction of sp³-hybridized carbons (Fsp3) is 0.440. The van der Waals surface area contributed by atoms with Gasteiger partial charge in [-0.25, -0.2) is 4.79 Å². The predicted molar refractivity (Wildman–Crippen MR) is 117 cm³/mol. The van der Waals surface area contributed by atoms with Crippen LogP contribution < -0.4 is 14.2 Å². The molecule has 0 saturated heterocycles. The van der Waals surface area contributed by atoms with E-state index in [4.69, 9.17) is 23.7 Å². The number of hydrogen-bond acceptors (Lipinski definition) is 7. The molecule has 2 aliphatic rings. The monoisotopic (exact) mass is 440 g/mol. The van der Waals surface area contributed by atoms with E-state index in [-0.39, 0.29) is 37.7 Å². The maximum atomic E-state index is 12.3. The van der Waals surface area contributed by atoms with Crippen molar-refractivity contribution in [3.63, 3.8) is 0 Å². The number of cyclic esters (lactones) is 1. The Labute approximate surface area is 187 Å². The Hall–Kier alpha value is -3.22. The van der Waals surface area contributed by atoms with Gasteiger partial charge in [0.05, 0.1) is 25.7 Å². The van der Waals surface area contributed by atoms with Gasteiger partial charge < -0.3 is 23.7 Å². The predicted octanol–water partition coefficient (Wildman–Crippen LogP) is 4.54. The molecule has 170 valence electrons. The molecular formula is C25H28O7. The van der Waals surface area contributed by atoms with E-state index >= 15 is 0 Å². The van der Waals surface area contributed by atoms with E-state index in [0.29, 0.717) is 22.8 Å². The van der Waals surface area contributed by atoms with Crippen molar-refractivity contribution >= 4 is 11.9 Å². The molecule has 1 heterocycles. The fourth-order valence-corrected chi connectivity index (χ4v) is 4.40. The van der Waals surface area contributed by atoms with Crippen LogP contribution in [0.4, 0.5) is 0 Å². The van der Waals surface area contributed by atoms with E-state index in [2.05, 4.69) is 0 Å². The van der Waals surface area contributed by atoms with E-state index in [1.807, 2.05) is 18.2 Å². The number of esters is 2. The van der Waals surface area contributed by atoms with Crippen molar-refractivity contribution in [2.75, 3.05) is 27.4 Å². The maximum Gasteiger partial charge on any atom is 0.338 e. The number of benzene rings is 2. The zero-order valence-electron chi connectivity index (χ0n) is 18.5. The Balaban J connectivity index is 1.55. The van der Waals surface area contributed by atoms with Crippen LogP contribution in [0.15, 0.2) is 30.3 Å². The summed E-state index contributed by atoms with van der Waals surface area (Å²) in [5, 5.41) is 0. The smallest absolute Gasteiger partial charge is 0.338 e. The minimum absolute atomic E-state index is 0.00453. The van der Waals surface area contributed by atoms with Crippen LogP contribution in [0.3, 0.4) is 0 Å². The van der Waals surface area contributed by atoms with Gasteiger partial charge in [0, 0.05) is 11.1 Å². The molecule has 0 amide bonds. The van der Waals surface area contributed by atoms with Gasteiger partial charge in [0.1, 0.15) is 19.8 Å². The molecule has 0 radical (unpaired) electrons. The number of carbonyl (C=O) groups excluding carboxylic acids is 2. The normalized spacial score (nSPS) is 15.6. The van der Waals surface area contributed by atoms with Crippen molar-refractivity contribution in [1.82, 2.24) is 0 Å². The summed E-state index contributed by atoms with van der Waals surface area (Å²) in [6.07, 6.45) is 5.13. The van der Waals surface area contributed by atoms with Gasteiger partial charge in [0.2, 0.25) is 5.75 Å². The third kappa shape index (κ3) is 4.38. The van der Waals surface area contributed by atoms with E-state index < -0.39 is 0 Å². The van der Waals surface area contributed by atoms with Crippen molar-refractivity contribution < 1.29 is 33.3 Å². The largest absolute Gasteiger partial charge is 0.493 e. The fourth-order valence-electron chi connectivity index (χ4n) is 4.40. The van der Waals surface area contributed by atoms with Crippen LogP contribution in [-0.2, 0) is 20.9 Å². The first-order valence-corrected chi connectivity index (χ1v) is 11.0. The van der Waals surface area contributed by atoms with Crippen LogP contribution in [0.1, 0.15) is 48.0 Å². The van der Waals surface area contributed by atoms with Crippen LogP contribution in [0.25, 0.3) is 11.1 Å². The van der Waals surface area contributed by atoms with Gasteiger partial charge in [-0.2, -0.15) is 0 Å². The summed E-state index contributed by atoms with van der Waals surface area (Å²) >= 11 is 0. The van der Waals surface area contributed by atoms with Crippen LogP contribution in [0.2, 0.25) is 0 Å². The molecule has 0 bridgehead atoms. The van der Waals surface area contributed by atoms with E-state index in [0.717, 1.165) is 42.4 Å². The van der Waals surface area contributed by atoms with Crippen LogP contribution in [-0.4, -0.2) is 39.4 Å². The van der Waals surface area contributed by atoms with Crippen molar-refractivity contribution in [1.29, 1.82) is 0 Å². The van der Waals surface area contributed by atoms with Crippen LogP contribution in [0.5, 0.6) is 17.2 Å². The molecule has 2 aromatic rings. The van der Waals surface area contributed by atoms with E-state index in [9.17, 15) is 9.59 Å². The lowest BCUT2D eigenvalue weighted by molar-refractivity contribution is -0.150. The molecule has 7 nitrogen and oxygen atoms in total. The summed E-state index contributed by atoms with van der Waals surface area (Å²) in [6.45, 7) is 0.514. The summed E-state index contributed by atoms with van der Waals surface area (Å²) in [6, 6.07) is 9.13. The highest BCUT2D eigenvalue weighted by atomic mass is 16.6. The third-order valence-corrected chi connectivity index (χ3v) is 6.05. The molecule has 0 atom stereocenters. The number of methoxy groups -OCH3 is 2. The van der Waals surface area contributed by atoms with Gasteiger partial charge in [0.25, 0.3) is 0 Å². The van der Waals surface area contributed by atoms with Crippen molar-refractivity contribution in [2.24, 2.45) is 5.92 Å². The zero-order chi connectivity index (χ0) is 22.5. The van der Waals surface area contributed by atoms with Crippen LogP contribution in [0, 0.1) is 5.92 Å². The Morgan fingerprint density at radius 1 is 0.938 bits per heavy atom. The van der Waals surface area contributed by atoms with Gasteiger partial charge >= 0.3 is 11.9 Å². The lowest BCUT2D eigenvalue weighted by atomic mass is 9.89. The minimum Gasteiger partial charge on any atom is -0.493 e. The number of fused-ring (bicyclic) bond motifs is 1. The van der Waals surface area contributed by atoms with E-state index in [1.54, 1.807) is 26.4 Å². The van der Waals surface area contributed by atoms with Crippen molar-refractivity contribution in [3.8, 4) is 28.4 Å². The zero-order valence-corrected chi connectivity index (χ0v) is 18.5. The Morgan fingerprint density at radius 2 is 1.72 bits per heavy atom.